The average molecular weight is 429 g/mol. The quantitative estimate of drug-likeness (QED) is 0.454. The third-order valence-electron chi connectivity index (χ3n) is 3.51. The Bertz CT molecular complexity index is 891. The molecule has 0 saturated heterocycles. The molecule has 0 saturated carbocycles. The number of aromatic nitrogens is 2. The molecule has 0 N–H and O–H groups in total. The molecule has 0 spiro atoms. The lowest BCUT2D eigenvalue weighted by molar-refractivity contribution is 0.101. The van der Waals surface area contributed by atoms with Gasteiger partial charge in [0.05, 0.1) is 22.4 Å². The molecule has 0 atom stereocenters. The van der Waals surface area contributed by atoms with Crippen LogP contribution in [0.25, 0.3) is 5.52 Å². The molecule has 112 valence electrons. The molecule has 0 aliphatic heterocycles. The largest absolute Gasteiger partial charge is 0.302 e. The Labute approximate surface area is 145 Å². The molecular weight excluding hydrogens is 418 g/mol. The minimum atomic E-state index is -0.295. The first-order chi connectivity index (χ1) is 10.5. The molecule has 1 aromatic carbocycles. The number of hydrogen-bond acceptors (Lipinski definition) is 2. The van der Waals surface area contributed by atoms with E-state index >= 15 is 0 Å². The number of carbonyl (C=O) groups excluding carboxylic acids is 1. The summed E-state index contributed by atoms with van der Waals surface area (Å²) in [6.45, 7) is 1.46. The molecule has 3 nitrogen and oxygen atoms in total. The van der Waals surface area contributed by atoms with Crippen molar-refractivity contribution in [3.63, 3.8) is 0 Å². The van der Waals surface area contributed by atoms with Crippen molar-refractivity contribution in [2.75, 3.05) is 0 Å². The number of halogens is 3. The van der Waals surface area contributed by atoms with Crippen molar-refractivity contribution in [2.45, 2.75) is 13.3 Å². The van der Waals surface area contributed by atoms with Crippen LogP contribution in [0, 0.1) is 9.39 Å². The topological polar surface area (TPSA) is 34.4 Å². The minimum Gasteiger partial charge on any atom is -0.302 e. The summed E-state index contributed by atoms with van der Waals surface area (Å²) in [7, 11) is 0. The fourth-order valence-electron chi connectivity index (χ4n) is 2.51. The van der Waals surface area contributed by atoms with Crippen molar-refractivity contribution in [3.8, 4) is 0 Å². The van der Waals surface area contributed by atoms with Crippen LogP contribution in [0.1, 0.15) is 28.5 Å². The van der Waals surface area contributed by atoms with Crippen molar-refractivity contribution < 1.29 is 9.18 Å². The number of carbonyl (C=O) groups is 1. The Morgan fingerprint density at radius 3 is 2.86 bits per heavy atom. The van der Waals surface area contributed by atoms with E-state index in [0.29, 0.717) is 27.4 Å². The fourth-order valence-corrected chi connectivity index (χ4v) is 3.36. The fraction of sp³-hybridized carbons (Fsp3) is 0.125. The predicted molar refractivity (Wildman–Crippen MR) is 92.1 cm³/mol. The van der Waals surface area contributed by atoms with Gasteiger partial charge < -0.3 is 4.40 Å². The van der Waals surface area contributed by atoms with Gasteiger partial charge in [-0.2, -0.15) is 0 Å². The van der Waals surface area contributed by atoms with E-state index in [1.165, 1.54) is 13.0 Å². The van der Waals surface area contributed by atoms with E-state index in [-0.39, 0.29) is 18.0 Å². The van der Waals surface area contributed by atoms with Gasteiger partial charge in [-0.1, -0.05) is 17.7 Å². The highest BCUT2D eigenvalue weighted by atomic mass is 127. The third kappa shape index (κ3) is 2.63. The van der Waals surface area contributed by atoms with E-state index in [9.17, 15) is 9.18 Å². The lowest BCUT2D eigenvalue weighted by Gasteiger charge is -2.07. The summed E-state index contributed by atoms with van der Waals surface area (Å²) in [5.41, 5.74) is 2.29. The zero-order valence-electron chi connectivity index (χ0n) is 11.6. The average Bonchev–Trinajstić information content (AvgIpc) is 2.75. The molecule has 3 aromatic rings. The van der Waals surface area contributed by atoms with Crippen molar-refractivity contribution in [1.82, 2.24) is 9.38 Å². The van der Waals surface area contributed by atoms with E-state index in [4.69, 9.17) is 11.6 Å². The van der Waals surface area contributed by atoms with Crippen molar-refractivity contribution in [1.29, 1.82) is 0 Å². The van der Waals surface area contributed by atoms with Gasteiger partial charge >= 0.3 is 0 Å². The van der Waals surface area contributed by atoms with E-state index in [2.05, 4.69) is 27.6 Å². The Morgan fingerprint density at radius 1 is 1.41 bits per heavy atom. The van der Waals surface area contributed by atoms with Crippen molar-refractivity contribution in [3.05, 3.63) is 68.0 Å². The van der Waals surface area contributed by atoms with E-state index in [0.717, 1.165) is 3.57 Å². The molecule has 6 heteroatoms. The van der Waals surface area contributed by atoms with Gasteiger partial charge in [-0.05, 0) is 53.3 Å². The molecule has 0 fully saturated rings. The number of Topliss-reactive ketones (excluding diaryl/α,β-unsaturated/α-hetero) is 1. The standard InChI is InChI=1S/C16H11ClFIN2O/c1-9(22)15-14(6-10-2-3-11(19)7-12(10)18)21-8-20-5-4-13(21)16(15)17/h2-5,7-8H,6H2,1H3. The van der Waals surface area contributed by atoms with Gasteiger partial charge in [0, 0.05) is 21.9 Å². The molecule has 2 aromatic heterocycles. The number of rotatable bonds is 3. The van der Waals surface area contributed by atoms with Crippen LogP contribution in [0.15, 0.2) is 36.8 Å². The van der Waals surface area contributed by atoms with Gasteiger partial charge in [-0.25, -0.2) is 9.37 Å². The smallest absolute Gasteiger partial charge is 0.163 e. The second-order valence-electron chi connectivity index (χ2n) is 4.94. The Morgan fingerprint density at radius 2 is 2.18 bits per heavy atom. The van der Waals surface area contributed by atoms with Crippen LogP contribution in [-0.2, 0) is 6.42 Å². The third-order valence-corrected chi connectivity index (χ3v) is 4.56. The van der Waals surface area contributed by atoms with Gasteiger partial charge in [0.15, 0.2) is 5.78 Å². The second-order valence-corrected chi connectivity index (χ2v) is 6.56. The van der Waals surface area contributed by atoms with E-state index < -0.39 is 0 Å². The molecule has 0 amide bonds. The van der Waals surface area contributed by atoms with Crippen LogP contribution in [0.5, 0.6) is 0 Å². The Balaban J connectivity index is 2.21. The number of fused-ring (bicyclic) bond motifs is 1. The van der Waals surface area contributed by atoms with Gasteiger partial charge in [-0.15, -0.1) is 0 Å². The van der Waals surface area contributed by atoms with Gasteiger partial charge in [0.25, 0.3) is 0 Å². The maximum atomic E-state index is 14.1. The summed E-state index contributed by atoms with van der Waals surface area (Å²) >= 11 is 8.38. The highest BCUT2D eigenvalue weighted by molar-refractivity contribution is 14.1. The van der Waals surface area contributed by atoms with Gasteiger partial charge in [0.2, 0.25) is 0 Å². The van der Waals surface area contributed by atoms with Crippen LogP contribution < -0.4 is 0 Å². The van der Waals surface area contributed by atoms with E-state index in [1.54, 1.807) is 29.1 Å². The summed E-state index contributed by atoms with van der Waals surface area (Å²) < 4.78 is 16.7. The molecular formula is C16H11ClFIN2O. The zero-order valence-corrected chi connectivity index (χ0v) is 14.5. The highest BCUT2D eigenvalue weighted by Gasteiger charge is 2.21. The monoisotopic (exact) mass is 428 g/mol. The Kier molecular flexibility index (Phi) is 4.18. The van der Waals surface area contributed by atoms with E-state index in [1.807, 2.05) is 6.07 Å². The number of nitrogens with zero attached hydrogens (tertiary/aromatic N) is 2. The maximum absolute atomic E-state index is 14.1. The van der Waals surface area contributed by atoms with Crippen LogP contribution in [0.4, 0.5) is 4.39 Å². The normalized spacial score (nSPS) is 11.1. The lowest BCUT2D eigenvalue weighted by atomic mass is 10.0. The number of benzene rings is 1. The maximum Gasteiger partial charge on any atom is 0.163 e. The van der Waals surface area contributed by atoms with Crippen LogP contribution in [0.2, 0.25) is 5.02 Å². The first kappa shape index (κ1) is 15.4. The SMILES string of the molecule is CC(=O)c1c(Cl)c2ccncn2c1Cc1ccc(I)cc1F. The first-order valence-corrected chi connectivity index (χ1v) is 8.02. The van der Waals surface area contributed by atoms with Crippen LogP contribution >= 0.6 is 34.2 Å². The van der Waals surface area contributed by atoms with Crippen molar-refractivity contribution >= 4 is 45.5 Å². The molecule has 0 unspecified atom stereocenters. The van der Waals surface area contributed by atoms with Crippen molar-refractivity contribution in [2.24, 2.45) is 0 Å². The summed E-state index contributed by atoms with van der Waals surface area (Å²) in [5, 5.41) is 0.385. The summed E-state index contributed by atoms with van der Waals surface area (Å²) in [4.78, 5) is 16.0. The molecule has 0 aliphatic rings. The molecule has 3 rings (SSSR count). The summed E-state index contributed by atoms with van der Waals surface area (Å²) in [6, 6.07) is 6.77. The summed E-state index contributed by atoms with van der Waals surface area (Å²) in [6.07, 6.45) is 3.48. The Hall–Kier alpha value is -1.47. The molecule has 0 radical (unpaired) electrons. The molecule has 22 heavy (non-hydrogen) atoms. The zero-order chi connectivity index (χ0) is 15.9. The predicted octanol–water partition coefficient (Wildman–Crippen LogP) is 4.52. The van der Waals surface area contributed by atoms with Gasteiger partial charge in [0.1, 0.15) is 5.82 Å². The molecule has 0 aliphatic carbocycles. The van der Waals surface area contributed by atoms with Gasteiger partial charge in [-0.3, -0.25) is 4.79 Å². The molecule has 0 bridgehead atoms. The molecule has 2 heterocycles. The number of hydrogen-bond donors (Lipinski definition) is 0. The second kappa shape index (κ2) is 5.96. The number of ketones is 1. The van der Waals surface area contributed by atoms with Crippen LogP contribution in [-0.4, -0.2) is 15.2 Å². The highest BCUT2D eigenvalue weighted by Crippen LogP contribution is 2.30. The minimum absolute atomic E-state index is 0.144. The summed E-state index contributed by atoms with van der Waals surface area (Å²) in [5.74, 6) is -0.439. The van der Waals surface area contributed by atoms with Crippen LogP contribution in [0.3, 0.4) is 0 Å². The lowest BCUT2D eigenvalue weighted by Crippen LogP contribution is -2.03. The first-order valence-electron chi connectivity index (χ1n) is 6.56.